The van der Waals surface area contributed by atoms with Gasteiger partial charge in [-0.05, 0) is 65.9 Å². The first-order valence-corrected chi connectivity index (χ1v) is 13.5. The van der Waals surface area contributed by atoms with E-state index in [0.717, 1.165) is 17.7 Å². The Kier molecular flexibility index (Phi) is 7.07. The van der Waals surface area contributed by atoms with Crippen LogP contribution >= 0.6 is 15.9 Å². The summed E-state index contributed by atoms with van der Waals surface area (Å²) >= 11 is 3.22. The summed E-state index contributed by atoms with van der Waals surface area (Å²) in [5, 5.41) is 10.1. The van der Waals surface area contributed by atoms with Crippen LogP contribution in [0.5, 0.6) is 5.75 Å². The van der Waals surface area contributed by atoms with Gasteiger partial charge in [-0.2, -0.15) is 13.2 Å². The maximum atomic E-state index is 13.3. The van der Waals surface area contributed by atoms with Crippen molar-refractivity contribution in [1.29, 1.82) is 0 Å². The Morgan fingerprint density at radius 3 is 2.44 bits per heavy atom. The average Bonchev–Trinajstić information content (AvgIpc) is 2.80. The van der Waals surface area contributed by atoms with Gasteiger partial charge in [-0.25, -0.2) is 8.42 Å². The number of carbonyl (C=O) groups excluding carboxylic acids is 1. The van der Waals surface area contributed by atoms with E-state index in [1.54, 1.807) is 25.1 Å². The quantitative estimate of drug-likeness (QED) is 0.339. The van der Waals surface area contributed by atoms with Crippen LogP contribution < -0.4 is 9.62 Å². The number of alkyl halides is 3. The lowest BCUT2D eigenvalue weighted by Gasteiger charge is -2.29. The zero-order valence-electron chi connectivity index (χ0n) is 19.1. The predicted octanol–water partition coefficient (Wildman–Crippen LogP) is 6.20. The molecule has 0 bridgehead atoms. The number of hydrogen-bond donors (Lipinski definition) is 2. The van der Waals surface area contributed by atoms with Crippen molar-refractivity contribution in [3.8, 4) is 16.9 Å². The zero-order valence-corrected chi connectivity index (χ0v) is 21.5. The Balaban J connectivity index is 1.61. The molecule has 0 aromatic heterocycles. The summed E-state index contributed by atoms with van der Waals surface area (Å²) in [4.78, 5) is 14.8. The Labute approximate surface area is 214 Å². The molecule has 1 heterocycles. The molecule has 0 atom stereocenters. The second-order valence-electron chi connectivity index (χ2n) is 8.39. The number of anilines is 2. The first kappa shape index (κ1) is 26.0. The maximum Gasteiger partial charge on any atom is 0.416 e. The number of fused-ring (bicyclic) bond motifs is 1. The molecule has 1 aliphatic rings. The van der Waals surface area contributed by atoms with Crippen molar-refractivity contribution in [1.82, 2.24) is 0 Å². The number of aromatic hydroxyl groups is 1. The van der Waals surface area contributed by atoms with Crippen molar-refractivity contribution < 1.29 is 31.5 Å². The smallest absolute Gasteiger partial charge is 0.416 e. The molecule has 0 saturated heterocycles. The second-order valence-corrected chi connectivity index (χ2v) is 11.1. The fraction of sp³-hybridized carbons (Fsp3) is 0.240. The lowest BCUT2D eigenvalue weighted by molar-refractivity contribution is -0.137. The van der Waals surface area contributed by atoms with Crippen molar-refractivity contribution in [2.45, 2.75) is 25.9 Å². The minimum absolute atomic E-state index is 0.0120. The van der Waals surface area contributed by atoms with E-state index in [2.05, 4.69) is 20.7 Å². The van der Waals surface area contributed by atoms with Crippen LogP contribution in [-0.4, -0.2) is 31.7 Å². The van der Waals surface area contributed by atoms with E-state index in [1.807, 2.05) is 0 Å². The Hall–Kier alpha value is -3.05. The van der Waals surface area contributed by atoms with Crippen molar-refractivity contribution >= 4 is 43.2 Å². The number of nitrogens with zero attached hydrogens (tertiary/aromatic N) is 1. The molecule has 0 radical (unpaired) electrons. The molecule has 36 heavy (non-hydrogen) atoms. The predicted molar refractivity (Wildman–Crippen MR) is 136 cm³/mol. The van der Waals surface area contributed by atoms with Crippen LogP contribution in [0.4, 0.5) is 24.5 Å². The van der Waals surface area contributed by atoms with Crippen molar-refractivity contribution in [2.24, 2.45) is 0 Å². The van der Waals surface area contributed by atoms with Crippen LogP contribution in [0.2, 0.25) is 0 Å². The molecule has 3 aromatic rings. The van der Waals surface area contributed by atoms with Gasteiger partial charge in [0.15, 0.2) is 0 Å². The fourth-order valence-electron chi connectivity index (χ4n) is 4.09. The van der Waals surface area contributed by atoms with Gasteiger partial charge in [0.2, 0.25) is 10.0 Å². The number of phenolic OH excluding ortho intramolecular Hbond substituents is 1. The number of hydrogen-bond acceptors (Lipinski definition) is 4. The summed E-state index contributed by atoms with van der Waals surface area (Å²) in [6.07, 6.45) is -3.57. The molecule has 190 valence electrons. The van der Waals surface area contributed by atoms with Crippen LogP contribution in [0.25, 0.3) is 11.1 Å². The number of nitrogens with one attached hydrogen (secondary N) is 1. The molecule has 1 aliphatic heterocycles. The highest BCUT2D eigenvalue weighted by Crippen LogP contribution is 2.37. The lowest BCUT2D eigenvalue weighted by atomic mass is 9.93. The SMILES string of the molecule is CCCS(=O)(=O)Nc1cc(N2CCc3cc(-c4ccc(C(F)(F)F)cc4Br)ccc3C2=O)ccc1O. The Morgan fingerprint density at radius 1 is 1.06 bits per heavy atom. The summed E-state index contributed by atoms with van der Waals surface area (Å²) in [5.41, 5.74) is 2.09. The highest BCUT2D eigenvalue weighted by Gasteiger charge is 2.31. The highest BCUT2D eigenvalue weighted by molar-refractivity contribution is 9.10. The summed E-state index contributed by atoms with van der Waals surface area (Å²) in [5.74, 6) is -0.665. The molecule has 1 amide bonds. The summed E-state index contributed by atoms with van der Waals surface area (Å²) in [7, 11) is -3.64. The molecular weight excluding hydrogens is 561 g/mol. The lowest BCUT2D eigenvalue weighted by Crippen LogP contribution is -2.37. The standard InChI is InChI=1S/C25H22BrF3N2O4S/c1-2-11-36(34,35)30-22-14-18(5-8-23(22)32)31-10-9-16-12-15(3-6-20(16)24(31)33)19-7-4-17(13-21(19)26)25(27,28)29/h3-8,12-14,30,32H,2,9-11H2,1H3. The van der Waals surface area contributed by atoms with Crippen molar-refractivity contribution in [3.05, 3.63) is 75.8 Å². The number of amides is 1. The average molecular weight is 583 g/mol. The molecule has 0 spiro atoms. The second kappa shape index (κ2) is 9.78. The van der Waals surface area contributed by atoms with Gasteiger partial charge in [0.1, 0.15) is 5.75 Å². The molecule has 0 fully saturated rings. The maximum absolute atomic E-state index is 13.3. The van der Waals surface area contributed by atoms with Gasteiger partial charge in [-0.1, -0.05) is 41.1 Å². The van der Waals surface area contributed by atoms with Crippen LogP contribution in [-0.2, 0) is 22.6 Å². The molecule has 0 saturated carbocycles. The van der Waals surface area contributed by atoms with Gasteiger partial charge < -0.3 is 10.0 Å². The summed E-state index contributed by atoms with van der Waals surface area (Å²) < 4.78 is 65.9. The monoisotopic (exact) mass is 582 g/mol. The van der Waals surface area contributed by atoms with Crippen LogP contribution in [0.15, 0.2) is 59.1 Å². The summed E-state index contributed by atoms with van der Waals surface area (Å²) in [6, 6.07) is 12.8. The highest BCUT2D eigenvalue weighted by atomic mass is 79.9. The first-order chi connectivity index (χ1) is 16.9. The number of rotatable bonds is 6. The van der Waals surface area contributed by atoms with Gasteiger partial charge in [0, 0.05) is 22.3 Å². The number of carbonyl (C=O) groups is 1. The largest absolute Gasteiger partial charge is 0.506 e. The van der Waals surface area contributed by atoms with Gasteiger partial charge >= 0.3 is 6.18 Å². The van der Waals surface area contributed by atoms with E-state index in [-0.39, 0.29) is 23.1 Å². The Bertz CT molecular complexity index is 1440. The molecule has 6 nitrogen and oxygen atoms in total. The van der Waals surface area contributed by atoms with Gasteiger partial charge in [0.25, 0.3) is 5.91 Å². The molecule has 11 heteroatoms. The van der Waals surface area contributed by atoms with E-state index < -0.39 is 21.8 Å². The van der Waals surface area contributed by atoms with E-state index in [4.69, 9.17) is 0 Å². The topological polar surface area (TPSA) is 86.7 Å². The minimum atomic E-state index is -4.45. The van der Waals surface area contributed by atoms with E-state index in [9.17, 15) is 31.5 Å². The van der Waals surface area contributed by atoms with Crippen molar-refractivity contribution in [3.63, 3.8) is 0 Å². The van der Waals surface area contributed by atoms with E-state index in [1.165, 1.54) is 29.2 Å². The van der Waals surface area contributed by atoms with E-state index in [0.29, 0.717) is 46.2 Å². The number of halogens is 4. The zero-order chi connectivity index (χ0) is 26.3. The summed E-state index contributed by atoms with van der Waals surface area (Å²) in [6.45, 7) is 2.02. The van der Waals surface area contributed by atoms with E-state index >= 15 is 0 Å². The number of phenols is 1. The number of benzene rings is 3. The molecule has 3 aromatic carbocycles. The normalized spacial score (nSPS) is 14.0. The molecule has 0 aliphatic carbocycles. The van der Waals surface area contributed by atoms with Crippen LogP contribution in [0, 0.1) is 0 Å². The van der Waals surface area contributed by atoms with Crippen molar-refractivity contribution in [2.75, 3.05) is 21.9 Å². The molecule has 2 N–H and O–H groups in total. The third-order valence-electron chi connectivity index (χ3n) is 5.82. The van der Waals surface area contributed by atoms with Gasteiger partial charge in [-0.15, -0.1) is 0 Å². The molecule has 4 rings (SSSR count). The fourth-order valence-corrected chi connectivity index (χ4v) is 5.83. The third-order valence-corrected chi connectivity index (χ3v) is 7.96. The Morgan fingerprint density at radius 2 is 1.78 bits per heavy atom. The molecular formula is C25H22BrF3N2O4S. The number of sulfonamides is 1. The minimum Gasteiger partial charge on any atom is -0.506 e. The van der Waals surface area contributed by atoms with Gasteiger partial charge in [0.05, 0.1) is 17.0 Å². The first-order valence-electron chi connectivity index (χ1n) is 11.0. The third kappa shape index (κ3) is 5.36. The molecule has 0 unspecified atom stereocenters. The van der Waals surface area contributed by atoms with Gasteiger partial charge in [-0.3, -0.25) is 9.52 Å². The van der Waals surface area contributed by atoms with Crippen LogP contribution in [0.1, 0.15) is 34.8 Å². The van der Waals surface area contributed by atoms with Crippen LogP contribution in [0.3, 0.4) is 0 Å².